The molecule has 1 aromatic rings. The Balaban J connectivity index is 2.05. The van der Waals surface area contributed by atoms with Crippen molar-refractivity contribution in [2.45, 2.75) is 6.54 Å². The number of hydrogen-bond donors (Lipinski definition) is 2. The van der Waals surface area contributed by atoms with E-state index in [1.807, 2.05) is 0 Å². The predicted octanol–water partition coefficient (Wildman–Crippen LogP) is -1.08. The molecule has 9 heteroatoms. The Morgan fingerprint density at radius 3 is 3.06 bits per heavy atom. The van der Waals surface area contributed by atoms with Gasteiger partial charge < -0.3 is 10.3 Å². The van der Waals surface area contributed by atoms with Gasteiger partial charge in [-0.2, -0.15) is 0 Å². The highest BCUT2D eigenvalue weighted by atomic mass is 15.5. The van der Waals surface area contributed by atoms with Gasteiger partial charge in [0.25, 0.3) is 0 Å². The van der Waals surface area contributed by atoms with Crippen molar-refractivity contribution >= 4 is 5.82 Å². The van der Waals surface area contributed by atoms with Crippen LogP contribution in [-0.2, 0) is 6.54 Å². The molecule has 0 amide bonds. The Bertz CT molecular complexity index is 568. The summed E-state index contributed by atoms with van der Waals surface area (Å²) in [7, 11) is 0. The van der Waals surface area contributed by atoms with E-state index < -0.39 is 0 Å². The summed E-state index contributed by atoms with van der Waals surface area (Å²) in [5.74, 6) is 1.63. The van der Waals surface area contributed by atoms with E-state index in [0.717, 1.165) is 0 Å². The van der Waals surface area contributed by atoms with Crippen LogP contribution in [0.3, 0.4) is 0 Å². The van der Waals surface area contributed by atoms with Crippen molar-refractivity contribution in [1.82, 2.24) is 40.1 Å². The molecule has 2 aliphatic rings. The number of imidazole rings is 1. The minimum absolute atomic E-state index is 0.361. The molecule has 0 unspecified atom stereocenters. The first-order chi connectivity index (χ1) is 7.84. The highest BCUT2D eigenvalue weighted by molar-refractivity contribution is 5.64. The number of nitrogen functional groups attached to an aromatic ring is 1. The van der Waals surface area contributed by atoms with Gasteiger partial charge in [-0.3, -0.25) is 0 Å². The fourth-order valence-electron chi connectivity index (χ4n) is 1.42. The largest absolute Gasteiger partial charge is 0.382 e. The summed E-state index contributed by atoms with van der Waals surface area (Å²) < 4.78 is 1.76. The van der Waals surface area contributed by atoms with E-state index in [4.69, 9.17) is 5.73 Å². The van der Waals surface area contributed by atoms with Crippen LogP contribution in [0.15, 0.2) is 12.7 Å². The van der Waals surface area contributed by atoms with Crippen molar-refractivity contribution in [3.8, 4) is 11.5 Å². The fraction of sp³-hybridized carbons (Fsp3) is 0.143. The van der Waals surface area contributed by atoms with E-state index in [0.29, 0.717) is 29.7 Å². The SMILES string of the molecule is Nc1ncn(Cc2nnn[nH]2)c2ncnc1-2. The Kier molecular flexibility index (Phi) is 1.75. The van der Waals surface area contributed by atoms with Gasteiger partial charge >= 0.3 is 0 Å². The maximum atomic E-state index is 5.67. The van der Waals surface area contributed by atoms with Crippen molar-refractivity contribution in [3.63, 3.8) is 0 Å². The quantitative estimate of drug-likeness (QED) is 0.559. The Morgan fingerprint density at radius 1 is 1.31 bits per heavy atom. The highest BCUT2D eigenvalue weighted by Gasteiger charge is 2.15. The van der Waals surface area contributed by atoms with Crippen molar-refractivity contribution in [3.05, 3.63) is 18.5 Å². The first kappa shape index (κ1) is 8.71. The Hall–Kier alpha value is -2.58. The van der Waals surface area contributed by atoms with Crippen molar-refractivity contribution in [2.24, 2.45) is 0 Å². The summed E-state index contributed by atoms with van der Waals surface area (Å²) >= 11 is 0. The summed E-state index contributed by atoms with van der Waals surface area (Å²) in [6.07, 6.45) is 3.02. The minimum atomic E-state index is 0.361. The molecule has 1 aromatic heterocycles. The van der Waals surface area contributed by atoms with Crippen LogP contribution in [0.2, 0.25) is 0 Å². The van der Waals surface area contributed by atoms with Crippen molar-refractivity contribution < 1.29 is 0 Å². The molecule has 80 valence electrons. The summed E-state index contributed by atoms with van der Waals surface area (Å²) in [5.41, 5.74) is 6.25. The minimum Gasteiger partial charge on any atom is -0.382 e. The molecule has 3 rings (SSSR count). The summed E-state index contributed by atoms with van der Waals surface area (Å²) in [4.78, 5) is 12.2. The van der Waals surface area contributed by atoms with Gasteiger partial charge in [-0.15, -0.1) is 5.10 Å². The smallest absolute Gasteiger partial charge is 0.168 e. The van der Waals surface area contributed by atoms with Gasteiger partial charge in [0.05, 0.1) is 12.9 Å². The van der Waals surface area contributed by atoms with Crippen LogP contribution < -0.4 is 5.73 Å². The molecule has 0 saturated heterocycles. The molecule has 0 bridgehead atoms. The highest BCUT2D eigenvalue weighted by Crippen LogP contribution is 2.21. The number of anilines is 1. The number of aromatic nitrogens is 8. The van der Waals surface area contributed by atoms with Crippen molar-refractivity contribution in [1.29, 1.82) is 0 Å². The van der Waals surface area contributed by atoms with Gasteiger partial charge in [0, 0.05) is 0 Å². The van der Waals surface area contributed by atoms with E-state index in [2.05, 4.69) is 35.6 Å². The number of hydrogen-bond acceptors (Lipinski definition) is 7. The molecule has 0 fully saturated rings. The van der Waals surface area contributed by atoms with E-state index in [9.17, 15) is 0 Å². The van der Waals surface area contributed by atoms with Crippen LogP contribution in [0.5, 0.6) is 0 Å². The summed E-state index contributed by atoms with van der Waals surface area (Å²) in [6, 6.07) is 0. The van der Waals surface area contributed by atoms with E-state index >= 15 is 0 Å². The number of nitrogens with two attached hydrogens (primary N) is 1. The summed E-state index contributed by atoms with van der Waals surface area (Å²) in [5, 5.41) is 13.4. The van der Waals surface area contributed by atoms with Crippen LogP contribution in [-0.4, -0.2) is 40.1 Å². The van der Waals surface area contributed by atoms with E-state index in [-0.39, 0.29) is 0 Å². The lowest BCUT2D eigenvalue weighted by Crippen LogP contribution is -2.10. The zero-order valence-electron chi connectivity index (χ0n) is 8.07. The second-order valence-corrected chi connectivity index (χ2v) is 3.15. The Morgan fingerprint density at radius 2 is 2.25 bits per heavy atom. The molecular formula is C7H7N9. The average Bonchev–Trinajstić information content (AvgIpc) is 2.92. The third-order valence-electron chi connectivity index (χ3n) is 2.14. The lowest BCUT2D eigenvalue weighted by atomic mass is 10.4. The number of nitrogens with one attached hydrogen (secondary N) is 1. The molecule has 0 radical (unpaired) electrons. The van der Waals surface area contributed by atoms with Crippen LogP contribution in [0.1, 0.15) is 5.82 Å². The van der Waals surface area contributed by atoms with Gasteiger partial charge in [0.1, 0.15) is 12.0 Å². The first-order valence-corrected chi connectivity index (χ1v) is 4.48. The number of aromatic amines is 1. The normalized spacial score (nSPS) is 11.0. The molecule has 9 nitrogen and oxygen atoms in total. The van der Waals surface area contributed by atoms with Crippen LogP contribution >= 0.6 is 0 Å². The number of H-pyrrole nitrogens is 1. The number of rotatable bonds is 2. The monoisotopic (exact) mass is 217 g/mol. The fourth-order valence-corrected chi connectivity index (χ4v) is 1.42. The molecule has 3 N–H and O–H groups in total. The third-order valence-corrected chi connectivity index (χ3v) is 2.14. The molecule has 16 heavy (non-hydrogen) atoms. The maximum absolute atomic E-state index is 5.67. The maximum Gasteiger partial charge on any atom is 0.168 e. The zero-order valence-corrected chi connectivity index (χ0v) is 8.07. The topological polar surface area (TPSA) is 124 Å². The lowest BCUT2D eigenvalue weighted by molar-refractivity contribution is 0.721. The van der Waals surface area contributed by atoms with Gasteiger partial charge in [-0.25, -0.2) is 20.1 Å². The van der Waals surface area contributed by atoms with E-state index in [1.165, 1.54) is 6.33 Å². The van der Waals surface area contributed by atoms with Gasteiger partial charge in [-0.05, 0) is 10.4 Å². The molecule has 0 aliphatic carbocycles. The van der Waals surface area contributed by atoms with Gasteiger partial charge in [0.2, 0.25) is 0 Å². The van der Waals surface area contributed by atoms with Crippen LogP contribution in [0, 0.1) is 0 Å². The molecule has 3 heterocycles. The number of nitrogens with zero attached hydrogens (tertiary/aromatic N) is 7. The van der Waals surface area contributed by atoms with Crippen LogP contribution in [0.4, 0.5) is 5.82 Å². The summed E-state index contributed by atoms with van der Waals surface area (Å²) in [6.45, 7) is 0.440. The number of fused-ring (bicyclic) bond motifs is 1. The average molecular weight is 217 g/mol. The van der Waals surface area contributed by atoms with E-state index in [1.54, 1.807) is 10.9 Å². The molecule has 0 spiro atoms. The molecule has 2 aliphatic heterocycles. The predicted molar refractivity (Wildman–Crippen MR) is 52.1 cm³/mol. The van der Waals surface area contributed by atoms with Crippen LogP contribution in [0.25, 0.3) is 11.5 Å². The lowest BCUT2D eigenvalue weighted by Gasteiger charge is -2.08. The first-order valence-electron chi connectivity index (χ1n) is 4.48. The number of tetrazole rings is 1. The van der Waals surface area contributed by atoms with Crippen molar-refractivity contribution in [2.75, 3.05) is 5.73 Å². The molecular weight excluding hydrogens is 210 g/mol. The molecule has 0 saturated carbocycles. The molecule has 0 atom stereocenters. The second-order valence-electron chi connectivity index (χ2n) is 3.15. The zero-order chi connectivity index (χ0) is 11.0. The van der Waals surface area contributed by atoms with Gasteiger partial charge in [0.15, 0.2) is 17.5 Å². The Labute approximate surface area is 89.1 Å². The second kappa shape index (κ2) is 3.22. The standard InChI is InChI=1S/C7H7N9/c8-6-5-7(10-2-9-5)16(3-11-6)1-4-12-14-15-13-4/h2-3H,1,8H2,(H,12,13,14,15). The molecule has 0 aromatic carbocycles. The third kappa shape index (κ3) is 1.26. The van der Waals surface area contributed by atoms with Gasteiger partial charge in [-0.1, -0.05) is 0 Å².